The van der Waals surface area contributed by atoms with Crippen molar-refractivity contribution in [2.24, 2.45) is 5.16 Å². The summed E-state index contributed by atoms with van der Waals surface area (Å²) in [4.78, 5) is 4.65. The minimum Gasteiger partial charge on any atom is -0.399 e. The van der Waals surface area contributed by atoms with E-state index in [0.29, 0.717) is 5.92 Å². The van der Waals surface area contributed by atoms with E-state index in [1.54, 1.807) is 13.3 Å². The van der Waals surface area contributed by atoms with E-state index < -0.39 is 0 Å². The van der Waals surface area contributed by atoms with Crippen LogP contribution in [0.15, 0.2) is 29.4 Å². The van der Waals surface area contributed by atoms with Gasteiger partial charge in [-0.05, 0) is 17.0 Å². The minimum atomic E-state index is 0.513. The summed E-state index contributed by atoms with van der Waals surface area (Å²) in [5.41, 5.74) is 2.42. The van der Waals surface area contributed by atoms with Gasteiger partial charge in [0.25, 0.3) is 0 Å². The lowest BCUT2D eigenvalue weighted by molar-refractivity contribution is 0.215. The second-order valence-electron chi connectivity index (χ2n) is 3.20. The zero-order valence-electron chi connectivity index (χ0n) is 8.32. The molecule has 0 aromatic heterocycles. The van der Waals surface area contributed by atoms with E-state index >= 15 is 0 Å². The molecule has 0 amide bonds. The molecule has 0 saturated heterocycles. The van der Waals surface area contributed by atoms with Gasteiger partial charge in [0.1, 0.15) is 7.11 Å². The Kier molecular flexibility index (Phi) is 3.50. The second-order valence-corrected chi connectivity index (χ2v) is 3.20. The van der Waals surface area contributed by atoms with Crippen LogP contribution in [0.1, 0.15) is 30.9 Å². The number of hydrogen-bond acceptors (Lipinski definition) is 2. The van der Waals surface area contributed by atoms with Gasteiger partial charge in [0.15, 0.2) is 0 Å². The van der Waals surface area contributed by atoms with E-state index in [2.05, 4.69) is 29.9 Å². The Morgan fingerprint density at radius 2 is 2.00 bits per heavy atom. The molecule has 2 heteroatoms. The van der Waals surface area contributed by atoms with Crippen molar-refractivity contribution in [3.63, 3.8) is 0 Å². The van der Waals surface area contributed by atoms with Gasteiger partial charge >= 0.3 is 0 Å². The van der Waals surface area contributed by atoms with Crippen LogP contribution in [-0.4, -0.2) is 13.3 Å². The average molecular weight is 177 g/mol. The topological polar surface area (TPSA) is 21.6 Å². The molecule has 2 nitrogen and oxygen atoms in total. The Hall–Kier alpha value is -1.31. The van der Waals surface area contributed by atoms with Gasteiger partial charge in [0.05, 0.1) is 6.21 Å². The third kappa shape index (κ3) is 2.58. The molecule has 0 N–H and O–H groups in total. The van der Waals surface area contributed by atoms with Crippen LogP contribution in [0.4, 0.5) is 0 Å². The molecule has 0 aliphatic carbocycles. The van der Waals surface area contributed by atoms with Gasteiger partial charge < -0.3 is 4.84 Å². The standard InChI is InChI=1S/C11H15NO/c1-9(2)11-7-5-4-6-10(11)8-12-13-3/h4-9H,1-3H3/b12-8+. The molecule has 0 fully saturated rings. The number of hydrogen-bond donors (Lipinski definition) is 0. The van der Waals surface area contributed by atoms with E-state index in [-0.39, 0.29) is 0 Å². The summed E-state index contributed by atoms with van der Waals surface area (Å²) in [5.74, 6) is 0.513. The van der Waals surface area contributed by atoms with E-state index in [1.807, 2.05) is 18.2 Å². The summed E-state index contributed by atoms with van der Waals surface area (Å²) >= 11 is 0. The van der Waals surface area contributed by atoms with Crippen LogP contribution in [0.2, 0.25) is 0 Å². The second kappa shape index (κ2) is 4.65. The SMILES string of the molecule is CO/N=C/c1ccccc1C(C)C. The average Bonchev–Trinajstić information content (AvgIpc) is 2.15. The van der Waals surface area contributed by atoms with Gasteiger partial charge in [-0.2, -0.15) is 0 Å². The number of benzene rings is 1. The van der Waals surface area contributed by atoms with Gasteiger partial charge in [-0.25, -0.2) is 0 Å². The maximum atomic E-state index is 4.65. The van der Waals surface area contributed by atoms with Crippen LogP contribution in [0.3, 0.4) is 0 Å². The Labute approximate surface area is 79.2 Å². The fourth-order valence-corrected chi connectivity index (χ4v) is 1.26. The third-order valence-corrected chi connectivity index (χ3v) is 1.92. The highest BCUT2D eigenvalue weighted by atomic mass is 16.6. The van der Waals surface area contributed by atoms with Crippen molar-refractivity contribution in [2.45, 2.75) is 19.8 Å². The van der Waals surface area contributed by atoms with Crippen molar-refractivity contribution in [3.05, 3.63) is 35.4 Å². The summed E-state index contributed by atoms with van der Waals surface area (Å²) in [6.45, 7) is 4.33. The number of oxime groups is 1. The Bertz CT molecular complexity index is 292. The molecular formula is C11H15NO. The highest BCUT2D eigenvalue weighted by Crippen LogP contribution is 2.17. The van der Waals surface area contributed by atoms with Gasteiger partial charge in [-0.15, -0.1) is 0 Å². The first-order chi connectivity index (χ1) is 6.25. The lowest BCUT2D eigenvalue weighted by Gasteiger charge is -2.07. The van der Waals surface area contributed by atoms with Crippen LogP contribution in [0, 0.1) is 0 Å². The maximum absolute atomic E-state index is 4.65. The molecule has 0 heterocycles. The molecule has 0 saturated carbocycles. The maximum Gasteiger partial charge on any atom is 0.106 e. The van der Waals surface area contributed by atoms with E-state index in [1.165, 1.54) is 5.56 Å². The van der Waals surface area contributed by atoms with Crippen molar-refractivity contribution in [2.75, 3.05) is 7.11 Å². The fourth-order valence-electron chi connectivity index (χ4n) is 1.26. The van der Waals surface area contributed by atoms with Crippen LogP contribution in [0.25, 0.3) is 0 Å². The zero-order valence-corrected chi connectivity index (χ0v) is 8.32. The molecule has 0 radical (unpaired) electrons. The van der Waals surface area contributed by atoms with Crippen LogP contribution < -0.4 is 0 Å². The Morgan fingerprint density at radius 1 is 1.31 bits per heavy atom. The van der Waals surface area contributed by atoms with Crippen LogP contribution in [0.5, 0.6) is 0 Å². The van der Waals surface area contributed by atoms with Crippen molar-refractivity contribution in [1.29, 1.82) is 0 Å². The predicted molar refractivity (Wildman–Crippen MR) is 55.1 cm³/mol. The van der Waals surface area contributed by atoms with Gasteiger partial charge in [-0.1, -0.05) is 43.3 Å². The summed E-state index contributed by atoms with van der Waals surface area (Å²) in [5, 5.41) is 3.76. The summed E-state index contributed by atoms with van der Waals surface area (Å²) in [6, 6.07) is 8.20. The normalized spacial score (nSPS) is 11.1. The molecular weight excluding hydrogens is 162 g/mol. The fraction of sp³-hybridized carbons (Fsp3) is 0.364. The van der Waals surface area contributed by atoms with Crippen molar-refractivity contribution in [3.8, 4) is 0 Å². The van der Waals surface area contributed by atoms with Gasteiger partial charge in [-0.3, -0.25) is 0 Å². The largest absolute Gasteiger partial charge is 0.399 e. The quantitative estimate of drug-likeness (QED) is 0.514. The summed E-state index contributed by atoms with van der Waals surface area (Å²) in [6.07, 6.45) is 1.75. The molecule has 0 atom stereocenters. The van der Waals surface area contributed by atoms with E-state index in [4.69, 9.17) is 0 Å². The minimum absolute atomic E-state index is 0.513. The summed E-state index contributed by atoms with van der Waals surface area (Å²) in [7, 11) is 1.55. The molecule has 0 bridgehead atoms. The molecule has 1 aromatic carbocycles. The summed E-state index contributed by atoms with van der Waals surface area (Å²) < 4.78 is 0. The highest BCUT2D eigenvalue weighted by Gasteiger charge is 2.02. The first-order valence-electron chi connectivity index (χ1n) is 4.41. The first kappa shape index (κ1) is 9.78. The monoisotopic (exact) mass is 177 g/mol. The van der Waals surface area contributed by atoms with Crippen molar-refractivity contribution in [1.82, 2.24) is 0 Å². The zero-order chi connectivity index (χ0) is 9.68. The Morgan fingerprint density at radius 3 is 2.62 bits per heavy atom. The first-order valence-corrected chi connectivity index (χ1v) is 4.41. The van der Waals surface area contributed by atoms with Crippen molar-refractivity contribution < 1.29 is 4.84 Å². The molecule has 0 aliphatic rings. The Balaban J connectivity index is 2.97. The van der Waals surface area contributed by atoms with Crippen LogP contribution >= 0.6 is 0 Å². The molecule has 0 aliphatic heterocycles. The highest BCUT2D eigenvalue weighted by molar-refractivity contribution is 5.81. The molecule has 0 unspecified atom stereocenters. The molecule has 13 heavy (non-hydrogen) atoms. The molecule has 1 aromatic rings. The molecule has 1 rings (SSSR count). The number of nitrogens with zero attached hydrogens (tertiary/aromatic N) is 1. The van der Waals surface area contributed by atoms with E-state index in [9.17, 15) is 0 Å². The van der Waals surface area contributed by atoms with Gasteiger partial charge in [0, 0.05) is 0 Å². The van der Waals surface area contributed by atoms with Crippen molar-refractivity contribution >= 4 is 6.21 Å². The smallest absolute Gasteiger partial charge is 0.106 e. The lowest BCUT2D eigenvalue weighted by Crippen LogP contribution is -1.94. The third-order valence-electron chi connectivity index (χ3n) is 1.92. The van der Waals surface area contributed by atoms with Crippen LogP contribution in [-0.2, 0) is 4.84 Å². The van der Waals surface area contributed by atoms with E-state index in [0.717, 1.165) is 5.56 Å². The van der Waals surface area contributed by atoms with Gasteiger partial charge in [0.2, 0.25) is 0 Å². The number of rotatable bonds is 3. The predicted octanol–water partition coefficient (Wildman–Crippen LogP) is 2.79. The molecule has 70 valence electrons. The molecule has 0 spiro atoms. The lowest BCUT2D eigenvalue weighted by atomic mass is 9.98.